The third-order valence-electron chi connectivity index (χ3n) is 4.65. The van der Waals surface area contributed by atoms with E-state index in [1.54, 1.807) is 0 Å². The van der Waals surface area contributed by atoms with Crippen LogP contribution in [0, 0.1) is 0 Å². The Morgan fingerprint density at radius 2 is 1.95 bits per heavy atom. The maximum absolute atomic E-state index is 10.5. The Labute approximate surface area is 125 Å². The number of hydrogen-bond acceptors (Lipinski definition) is 3. The van der Waals surface area contributed by atoms with Gasteiger partial charge in [-0.3, -0.25) is 4.90 Å². The standard InChI is InChI=1S/C16H22ClNO2/c1-10-4-3-5-11(2)18(10)16-13-8-12(17)6-7-15(13)20-9-14(16)19/h6-8,10-11,14,16,19H,3-5,9H2,1-2H3. The summed E-state index contributed by atoms with van der Waals surface area (Å²) in [7, 11) is 0. The normalized spacial score (nSPS) is 34.4. The minimum atomic E-state index is -0.496. The van der Waals surface area contributed by atoms with Crippen molar-refractivity contribution in [3.8, 4) is 5.75 Å². The van der Waals surface area contributed by atoms with E-state index >= 15 is 0 Å². The Morgan fingerprint density at radius 3 is 2.65 bits per heavy atom. The van der Waals surface area contributed by atoms with Gasteiger partial charge in [0.2, 0.25) is 0 Å². The minimum Gasteiger partial charge on any atom is -0.490 e. The van der Waals surface area contributed by atoms with Gasteiger partial charge in [0.05, 0.1) is 6.04 Å². The van der Waals surface area contributed by atoms with E-state index < -0.39 is 6.10 Å². The van der Waals surface area contributed by atoms with Crippen LogP contribution in [0.25, 0.3) is 0 Å². The van der Waals surface area contributed by atoms with Gasteiger partial charge in [-0.1, -0.05) is 18.0 Å². The molecule has 4 heteroatoms. The number of benzene rings is 1. The molecule has 0 aromatic heterocycles. The molecule has 0 bridgehead atoms. The third-order valence-corrected chi connectivity index (χ3v) is 4.88. The third kappa shape index (κ3) is 2.43. The molecule has 1 saturated heterocycles. The lowest BCUT2D eigenvalue weighted by molar-refractivity contribution is -0.0455. The fourth-order valence-electron chi connectivity index (χ4n) is 3.70. The molecule has 2 aliphatic rings. The lowest BCUT2D eigenvalue weighted by Gasteiger charge is -2.47. The van der Waals surface area contributed by atoms with Crippen LogP contribution in [-0.4, -0.2) is 34.8 Å². The summed E-state index contributed by atoms with van der Waals surface area (Å²) in [5.74, 6) is 0.856. The highest BCUT2D eigenvalue weighted by Crippen LogP contribution is 2.41. The minimum absolute atomic E-state index is 0.0113. The van der Waals surface area contributed by atoms with Gasteiger partial charge in [-0.15, -0.1) is 0 Å². The quantitative estimate of drug-likeness (QED) is 0.862. The summed E-state index contributed by atoms with van der Waals surface area (Å²) in [6.45, 7) is 4.86. The van der Waals surface area contributed by atoms with Crippen molar-refractivity contribution in [2.24, 2.45) is 0 Å². The Balaban J connectivity index is 2.01. The Bertz CT molecular complexity index is 483. The fraction of sp³-hybridized carbons (Fsp3) is 0.625. The van der Waals surface area contributed by atoms with Gasteiger partial charge in [0.15, 0.2) is 0 Å². The van der Waals surface area contributed by atoms with Crippen LogP contribution in [-0.2, 0) is 0 Å². The zero-order valence-electron chi connectivity index (χ0n) is 12.1. The molecule has 4 unspecified atom stereocenters. The highest BCUT2D eigenvalue weighted by Gasteiger charge is 2.39. The summed E-state index contributed by atoms with van der Waals surface area (Å²) in [4.78, 5) is 2.45. The molecule has 3 nitrogen and oxygen atoms in total. The smallest absolute Gasteiger partial charge is 0.124 e. The second-order valence-corrected chi connectivity index (χ2v) is 6.52. The molecule has 4 atom stereocenters. The molecular formula is C16H22ClNO2. The van der Waals surface area contributed by atoms with Crippen LogP contribution < -0.4 is 4.74 Å². The highest BCUT2D eigenvalue weighted by molar-refractivity contribution is 6.30. The molecule has 0 aliphatic carbocycles. The number of hydrogen-bond donors (Lipinski definition) is 1. The second-order valence-electron chi connectivity index (χ2n) is 6.08. The first-order valence-electron chi connectivity index (χ1n) is 7.45. The van der Waals surface area contributed by atoms with Crippen LogP contribution in [0.15, 0.2) is 18.2 Å². The van der Waals surface area contributed by atoms with E-state index in [2.05, 4.69) is 18.7 Å². The highest BCUT2D eigenvalue weighted by atomic mass is 35.5. The van der Waals surface area contributed by atoms with E-state index in [1.165, 1.54) is 19.3 Å². The molecule has 1 aromatic rings. The average Bonchev–Trinajstić information content (AvgIpc) is 2.41. The number of fused-ring (bicyclic) bond motifs is 1. The number of ether oxygens (including phenoxy) is 1. The Kier molecular flexibility index (Phi) is 3.93. The molecular weight excluding hydrogens is 274 g/mol. The number of aliphatic hydroxyl groups excluding tert-OH is 1. The zero-order chi connectivity index (χ0) is 14.3. The van der Waals surface area contributed by atoms with Crippen LogP contribution in [0.3, 0.4) is 0 Å². The molecule has 3 rings (SSSR count). The van der Waals surface area contributed by atoms with Gasteiger partial charge in [0.1, 0.15) is 18.5 Å². The van der Waals surface area contributed by atoms with Crippen molar-refractivity contribution in [1.29, 1.82) is 0 Å². The summed E-state index contributed by atoms with van der Waals surface area (Å²) < 4.78 is 5.65. The first-order valence-corrected chi connectivity index (χ1v) is 7.83. The van der Waals surface area contributed by atoms with Gasteiger partial charge < -0.3 is 9.84 Å². The Hall–Kier alpha value is -0.770. The lowest BCUT2D eigenvalue weighted by atomic mass is 9.89. The summed E-state index contributed by atoms with van der Waals surface area (Å²) in [5.41, 5.74) is 1.02. The van der Waals surface area contributed by atoms with E-state index in [-0.39, 0.29) is 6.04 Å². The van der Waals surface area contributed by atoms with Crippen molar-refractivity contribution in [3.63, 3.8) is 0 Å². The first-order chi connectivity index (χ1) is 9.58. The lowest BCUT2D eigenvalue weighted by Crippen LogP contribution is -2.51. The molecule has 0 spiro atoms. The van der Waals surface area contributed by atoms with Crippen molar-refractivity contribution in [1.82, 2.24) is 4.90 Å². The maximum Gasteiger partial charge on any atom is 0.124 e. The predicted octanol–water partition coefficient (Wildman–Crippen LogP) is 3.40. The van der Waals surface area contributed by atoms with Gasteiger partial charge in [0.25, 0.3) is 0 Å². The SMILES string of the molecule is CC1CCCC(C)N1C1c2cc(Cl)ccc2OCC1O. The predicted molar refractivity (Wildman–Crippen MR) is 80.3 cm³/mol. The molecule has 0 amide bonds. The second kappa shape index (κ2) is 5.55. The molecule has 20 heavy (non-hydrogen) atoms. The van der Waals surface area contributed by atoms with Crippen LogP contribution in [0.1, 0.15) is 44.7 Å². The summed E-state index contributed by atoms with van der Waals surface area (Å²) >= 11 is 6.15. The van der Waals surface area contributed by atoms with Crippen LogP contribution in [0.5, 0.6) is 5.75 Å². The van der Waals surface area contributed by atoms with E-state index in [4.69, 9.17) is 16.3 Å². The van der Waals surface area contributed by atoms with Crippen LogP contribution in [0.4, 0.5) is 0 Å². The fourth-order valence-corrected chi connectivity index (χ4v) is 3.88. The van der Waals surface area contributed by atoms with Crippen molar-refractivity contribution >= 4 is 11.6 Å². The average molecular weight is 296 g/mol. The van der Waals surface area contributed by atoms with E-state index in [0.29, 0.717) is 23.7 Å². The van der Waals surface area contributed by atoms with Gasteiger partial charge in [-0.05, 0) is 44.9 Å². The van der Waals surface area contributed by atoms with Crippen molar-refractivity contribution in [2.75, 3.05) is 6.61 Å². The number of piperidine rings is 1. The zero-order valence-corrected chi connectivity index (χ0v) is 12.8. The molecule has 2 heterocycles. The van der Waals surface area contributed by atoms with Gasteiger partial charge in [-0.2, -0.15) is 0 Å². The Morgan fingerprint density at radius 1 is 1.25 bits per heavy atom. The van der Waals surface area contributed by atoms with E-state index in [1.807, 2.05) is 18.2 Å². The molecule has 0 radical (unpaired) electrons. The van der Waals surface area contributed by atoms with Crippen LogP contribution >= 0.6 is 11.6 Å². The van der Waals surface area contributed by atoms with E-state index in [9.17, 15) is 5.11 Å². The number of halogens is 1. The van der Waals surface area contributed by atoms with Crippen LogP contribution in [0.2, 0.25) is 5.02 Å². The summed E-state index contributed by atoms with van der Waals surface area (Å²) in [5, 5.41) is 11.2. The summed E-state index contributed by atoms with van der Waals surface area (Å²) in [6, 6.07) is 6.64. The number of aliphatic hydroxyl groups is 1. The maximum atomic E-state index is 10.5. The summed E-state index contributed by atoms with van der Waals surface area (Å²) in [6.07, 6.45) is 3.14. The molecule has 2 aliphatic heterocycles. The topological polar surface area (TPSA) is 32.7 Å². The first kappa shape index (κ1) is 14.2. The molecule has 1 fully saturated rings. The molecule has 0 saturated carbocycles. The largest absolute Gasteiger partial charge is 0.490 e. The van der Waals surface area contributed by atoms with Gasteiger partial charge >= 0.3 is 0 Å². The molecule has 1 aromatic carbocycles. The number of rotatable bonds is 1. The number of likely N-dealkylation sites (tertiary alicyclic amines) is 1. The molecule has 110 valence electrons. The monoisotopic (exact) mass is 295 g/mol. The van der Waals surface area contributed by atoms with E-state index in [0.717, 1.165) is 11.3 Å². The van der Waals surface area contributed by atoms with Crippen molar-refractivity contribution in [3.05, 3.63) is 28.8 Å². The molecule has 1 N–H and O–H groups in total. The number of nitrogens with zero attached hydrogens (tertiary/aromatic N) is 1. The van der Waals surface area contributed by atoms with Gasteiger partial charge in [-0.25, -0.2) is 0 Å². The van der Waals surface area contributed by atoms with Crippen molar-refractivity contribution in [2.45, 2.75) is 57.3 Å². The van der Waals surface area contributed by atoms with Gasteiger partial charge in [0, 0.05) is 22.7 Å². The van der Waals surface area contributed by atoms with Crippen molar-refractivity contribution < 1.29 is 9.84 Å².